The highest BCUT2D eigenvalue weighted by Gasteiger charge is 2.32. The fourth-order valence-corrected chi connectivity index (χ4v) is 3.35. The van der Waals surface area contributed by atoms with Crippen LogP contribution < -0.4 is 20.7 Å². The Kier molecular flexibility index (Phi) is 4.30. The maximum absolute atomic E-state index is 6.09. The lowest BCUT2D eigenvalue weighted by molar-refractivity contribution is -0.631. The number of hydrogen-bond acceptors (Lipinski definition) is 5. The molecule has 6 nitrogen and oxygen atoms in total. The fourth-order valence-electron chi connectivity index (χ4n) is 2.82. The number of quaternary nitrogens is 1. The lowest BCUT2D eigenvalue weighted by Gasteiger charge is -2.14. The third kappa shape index (κ3) is 3.07. The summed E-state index contributed by atoms with van der Waals surface area (Å²) >= 11 is 3.68. The standard InChI is InChI=1S/C17H19BrN4O2/c1-23-10-12-14(3-2-8-19-12)24-15-7-6-13-17(16(15)18)20-21-22(13)9-11-4-5-11/h2-3,6-8,11,20-21H,4-5,9-10H2,1H3/p+1. The summed E-state index contributed by atoms with van der Waals surface area (Å²) in [6, 6.07) is 7.85. The molecule has 2 aliphatic rings. The molecule has 1 aromatic carbocycles. The van der Waals surface area contributed by atoms with Gasteiger partial charge in [0.2, 0.25) is 0 Å². The number of ether oxygens (including phenoxy) is 2. The molecule has 0 saturated heterocycles. The molecular weight excluding hydrogens is 372 g/mol. The van der Waals surface area contributed by atoms with Gasteiger partial charge < -0.3 is 9.47 Å². The lowest BCUT2D eigenvalue weighted by Crippen LogP contribution is -2.95. The molecule has 1 aromatic heterocycles. The van der Waals surface area contributed by atoms with E-state index in [4.69, 9.17) is 9.47 Å². The van der Waals surface area contributed by atoms with E-state index in [1.165, 1.54) is 18.5 Å². The van der Waals surface area contributed by atoms with E-state index in [2.05, 4.69) is 37.4 Å². The van der Waals surface area contributed by atoms with Gasteiger partial charge in [0, 0.05) is 13.3 Å². The molecule has 2 heterocycles. The lowest BCUT2D eigenvalue weighted by atomic mass is 10.2. The summed E-state index contributed by atoms with van der Waals surface area (Å²) in [5.74, 6) is 2.29. The second kappa shape index (κ2) is 6.58. The highest BCUT2D eigenvalue weighted by molar-refractivity contribution is 9.10. The molecule has 0 bridgehead atoms. The first-order valence-electron chi connectivity index (χ1n) is 8.06. The number of rotatable bonds is 6. The van der Waals surface area contributed by atoms with Crippen molar-refractivity contribution in [1.29, 1.82) is 0 Å². The normalized spacial score (nSPS) is 16.0. The van der Waals surface area contributed by atoms with Gasteiger partial charge in [-0.1, -0.05) is 0 Å². The summed E-state index contributed by atoms with van der Waals surface area (Å²) in [4.78, 5) is 4.32. The molecule has 126 valence electrons. The predicted molar refractivity (Wildman–Crippen MR) is 94.8 cm³/mol. The Bertz CT molecular complexity index is 751. The van der Waals surface area contributed by atoms with Gasteiger partial charge in [0.1, 0.15) is 22.8 Å². The van der Waals surface area contributed by atoms with Crippen LogP contribution in [0.25, 0.3) is 0 Å². The Hall–Kier alpha value is -1.83. The molecule has 3 N–H and O–H groups in total. The number of fused-ring (bicyclic) bond motifs is 1. The number of nitrogens with two attached hydrogens (primary N) is 1. The van der Waals surface area contributed by atoms with E-state index in [-0.39, 0.29) is 0 Å². The summed E-state index contributed by atoms with van der Waals surface area (Å²) in [5.41, 5.74) is 8.40. The van der Waals surface area contributed by atoms with E-state index < -0.39 is 0 Å². The van der Waals surface area contributed by atoms with Crippen LogP contribution in [0.1, 0.15) is 18.5 Å². The zero-order valence-electron chi connectivity index (χ0n) is 13.5. The second-order valence-electron chi connectivity index (χ2n) is 6.12. The number of anilines is 2. The van der Waals surface area contributed by atoms with E-state index in [1.807, 2.05) is 23.7 Å². The van der Waals surface area contributed by atoms with Crippen molar-refractivity contribution < 1.29 is 15.0 Å². The van der Waals surface area contributed by atoms with Crippen molar-refractivity contribution in [2.45, 2.75) is 19.4 Å². The van der Waals surface area contributed by atoms with Crippen LogP contribution in [0, 0.1) is 5.92 Å². The monoisotopic (exact) mass is 391 g/mol. The SMILES string of the molecule is COCc1ncccc1Oc1ccc2c(c1Br)N[NH2+]N2CC1CC1. The van der Waals surface area contributed by atoms with Gasteiger partial charge in [0.15, 0.2) is 5.75 Å². The number of nitrogens with one attached hydrogen (secondary N) is 1. The van der Waals surface area contributed by atoms with Crippen LogP contribution in [0.5, 0.6) is 11.5 Å². The van der Waals surface area contributed by atoms with Crippen LogP contribution in [0.15, 0.2) is 34.9 Å². The first-order chi connectivity index (χ1) is 11.8. The van der Waals surface area contributed by atoms with Gasteiger partial charge in [-0.2, -0.15) is 0 Å². The quantitative estimate of drug-likeness (QED) is 0.741. The van der Waals surface area contributed by atoms with Crippen molar-refractivity contribution in [3.8, 4) is 11.5 Å². The number of pyridine rings is 1. The van der Waals surface area contributed by atoms with Crippen LogP contribution in [-0.4, -0.2) is 18.6 Å². The fraction of sp³-hybridized carbons (Fsp3) is 0.353. The molecule has 4 rings (SSSR count). The highest BCUT2D eigenvalue weighted by atomic mass is 79.9. The zero-order valence-corrected chi connectivity index (χ0v) is 15.0. The molecule has 0 atom stereocenters. The Morgan fingerprint density at radius 1 is 1.33 bits per heavy atom. The number of hydrogen-bond donors (Lipinski definition) is 2. The first-order valence-corrected chi connectivity index (χ1v) is 8.85. The maximum atomic E-state index is 6.09. The van der Waals surface area contributed by atoms with E-state index in [0.29, 0.717) is 12.4 Å². The van der Waals surface area contributed by atoms with Crippen LogP contribution in [0.2, 0.25) is 0 Å². The Balaban J connectivity index is 1.59. The van der Waals surface area contributed by atoms with Crippen molar-refractivity contribution >= 4 is 27.3 Å². The number of benzene rings is 1. The van der Waals surface area contributed by atoms with Gasteiger partial charge in [0.05, 0.1) is 17.6 Å². The second-order valence-corrected chi connectivity index (χ2v) is 6.92. The van der Waals surface area contributed by atoms with Gasteiger partial charge in [-0.05, 0) is 59.0 Å². The molecule has 24 heavy (non-hydrogen) atoms. The van der Waals surface area contributed by atoms with E-state index >= 15 is 0 Å². The molecule has 1 aliphatic heterocycles. The number of halogens is 1. The average Bonchev–Trinajstić information content (AvgIpc) is 3.31. The number of aromatic nitrogens is 1. The molecule has 7 heteroatoms. The molecule has 0 unspecified atom stereocenters. The molecular formula is C17H20BrN4O2+. The summed E-state index contributed by atoms with van der Waals surface area (Å²) in [5, 5.41) is 2.28. The number of nitrogens with zero attached hydrogens (tertiary/aromatic N) is 2. The predicted octanol–water partition coefficient (Wildman–Crippen LogP) is 2.82. The highest BCUT2D eigenvalue weighted by Crippen LogP contribution is 2.43. The van der Waals surface area contributed by atoms with Crippen molar-refractivity contribution in [3.05, 3.63) is 40.6 Å². The van der Waals surface area contributed by atoms with Crippen LogP contribution >= 0.6 is 15.9 Å². The van der Waals surface area contributed by atoms with Crippen molar-refractivity contribution in [3.63, 3.8) is 0 Å². The van der Waals surface area contributed by atoms with E-state index in [0.717, 1.165) is 34.1 Å². The van der Waals surface area contributed by atoms with Gasteiger partial charge in [-0.25, -0.2) is 10.4 Å². The summed E-state index contributed by atoms with van der Waals surface area (Å²) < 4.78 is 12.2. The molecule has 1 fully saturated rings. The molecule has 2 aromatic rings. The number of nitrogen functional groups attached to an aromatic ring is 1. The Morgan fingerprint density at radius 3 is 3.00 bits per heavy atom. The average molecular weight is 392 g/mol. The third-order valence-electron chi connectivity index (χ3n) is 4.26. The molecule has 1 aliphatic carbocycles. The molecule has 1 saturated carbocycles. The van der Waals surface area contributed by atoms with Crippen molar-refractivity contribution in [2.24, 2.45) is 5.92 Å². The summed E-state index contributed by atoms with van der Waals surface area (Å²) in [6.45, 7) is 1.49. The van der Waals surface area contributed by atoms with Crippen molar-refractivity contribution in [2.75, 3.05) is 24.1 Å². The number of methoxy groups -OCH3 is 1. The van der Waals surface area contributed by atoms with Gasteiger partial charge >= 0.3 is 0 Å². The van der Waals surface area contributed by atoms with Crippen LogP contribution in [-0.2, 0) is 11.3 Å². The topological polar surface area (TPSA) is 63.2 Å². The Morgan fingerprint density at radius 2 is 2.21 bits per heavy atom. The molecule has 0 spiro atoms. The molecule has 0 radical (unpaired) electrons. The van der Waals surface area contributed by atoms with Gasteiger partial charge in [0.25, 0.3) is 0 Å². The van der Waals surface area contributed by atoms with Crippen LogP contribution in [0.4, 0.5) is 11.4 Å². The Labute approximate surface area is 149 Å². The van der Waals surface area contributed by atoms with Gasteiger partial charge in [-0.15, -0.1) is 5.53 Å². The van der Waals surface area contributed by atoms with E-state index in [1.54, 1.807) is 13.3 Å². The van der Waals surface area contributed by atoms with E-state index in [9.17, 15) is 0 Å². The maximum Gasteiger partial charge on any atom is 0.151 e. The summed E-state index contributed by atoms with van der Waals surface area (Å²) in [6.07, 6.45) is 4.42. The smallest absolute Gasteiger partial charge is 0.151 e. The largest absolute Gasteiger partial charge is 0.454 e. The minimum Gasteiger partial charge on any atom is -0.454 e. The first kappa shape index (κ1) is 15.7. The molecule has 0 amide bonds. The zero-order chi connectivity index (χ0) is 16.5. The van der Waals surface area contributed by atoms with Crippen molar-refractivity contribution in [1.82, 2.24) is 4.98 Å². The third-order valence-corrected chi connectivity index (χ3v) is 5.05. The minimum absolute atomic E-state index is 0.417. The van der Waals surface area contributed by atoms with Crippen LogP contribution in [0.3, 0.4) is 0 Å². The minimum atomic E-state index is 0.417. The summed E-state index contributed by atoms with van der Waals surface area (Å²) in [7, 11) is 1.65. The van der Waals surface area contributed by atoms with Gasteiger partial charge in [-0.3, -0.25) is 4.98 Å².